The molecule has 0 bridgehead atoms. The number of carbonyl (C=O) groups is 1. The van der Waals surface area contributed by atoms with Crippen molar-refractivity contribution in [3.63, 3.8) is 0 Å². The number of rotatable bonds is 5. The maximum absolute atomic E-state index is 10.5. The largest absolute Gasteiger partial charge is 0.481 e. The standard InChI is InChI=1S/C16H19ClN2O3/c17-12-3-4-14-13(10-12)18-16(22-14)11-5-8-19(9-6-11)7-1-2-15(20)21/h3-4,10-11H,1-2,5-9H2,(H,20,21). The molecule has 118 valence electrons. The van der Waals surface area contributed by atoms with Gasteiger partial charge in [0.05, 0.1) is 0 Å². The van der Waals surface area contributed by atoms with Crippen LogP contribution in [0.5, 0.6) is 0 Å². The van der Waals surface area contributed by atoms with Gasteiger partial charge in [-0.25, -0.2) is 4.98 Å². The zero-order valence-electron chi connectivity index (χ0n) is 12.3. The zero-order valence-corrected chi connectivity index (χ0v) is 13.1. The lowest BCUT2D eigenvalue weighted by atomic mass is 9.96. The number of benzene rings is 1. The van der Waals surface area contributed by atoms with Crippen molar-refractivity contribution in [1.29, 1.82) is 0 Å². The van der Waals surface area contributed by atoms with Crippen molar-refractivity contribution in [2.24, 2.45) is 0 Å². The van der Waals surface area contributed by atoms with Crippen LogP contribution in [-0.4, -0.2) is 40.6 Å². The molecule has 22 heavy (non-hydrogen) atoms. The molecule has 3 rings (SSSR count). The SMILES string of the molecule is O=C(O)CCCN1CCC(c2nc3cc(Cl)ccc3o2)CC1. The molecule has 1 aromatic heterocycles. The molecule has 0 spiro atoms. The fourth-order valence-electron chi connectivity index (χ4n) is 2.95. The minimum Gasteiger partial charge on any atom is -0.481 e. The highest BCUT2D eigenvalue weighted by molar-refractivity contribution is 6.31. The molecule has 0 unspecified atom stereocenters. The summed E-state index contributed by atoms with van der Waals surface area (Å²) in [4.78, 5) is 17.4. The van der Waals surface area contributed by atoms with E-state index in [-0.39, 0.29) is 6.42 Å². The van der Waals surface area contributed by atoms with E-state index in [1.807, 2.05) is 18.2 Å². The molecule has 1 fully saturated rings. The van der Waals surface area contributed by atoms with Crippen molar-refractivity contribution in [3.05, 3.63) is 29.1 Å². The Bertz CT molecular complexity index is 662. The van der Waals surface area contributed by atoms with Crippen LogP contribution in [0.25, 0.3) is 11.1 Å². The van der Waals surface area contributed by atoms with Crippen LogP contribution in [0.1, 0.15) is 37.5 Å². The molecule has 5 nitrogen and oxygen atoms in total. The smallest absolute Gasteiger partial charge is 0.303 e. The molecular formula is C16H19ClN2O3. The zero-order chi connectivity index (χ0) is 15.5. The summed E-state index contributed by atoms with van der Waals surface area (Å²) in [7, 11) is 0. The molecule has 0 radical (unpaired) electrons. The summed E-state index contributed by atoms with van der Waals surface area (Å²) in [6.07, 6.45) is 2.94. The molecule has 1 aliphatic heterocycles. The summed E-state index contributed by atoms with van der Waals surface area (Å²) in [6.45, 7) is 2.77. The van der Waals surface area contributed by atoms with Crippen LogP contribution in [0, 0.1) is 0 Å². The van der Waals surface area contributed by atoms with Crippen LogP contribution in [0.3, 0.4) is 0 Å². The number of nitrogens with zero attached hydrogens (tertiary/aromatic N) is 2. The molecular weight excluding hydrogens is 304 g/mol. The highest BCUT2D eigenvalue weighted by Crippen LogP contribution is 2.30. The molecule has 1 N–H and O–H groups in total. The monoisotopic (exact) mass is 322 g/mol. The first-order valence-corrected chi connectivity index (χ1v) is 8.00. The first-order chi connectivity index (χ1) is 10.6. The van der Waals surface area contributed by atoms with Crippen molar-refractivity contribution >= 4 is 28.7 Å². The maximum Gasteiger partial charge on any atom is 0.303 e. The van der Waals surface area contributed by atoms with Gasteiger partial charge in [-0.1, -0.05) is 11.6 Å². The summed E-state index contributed by atoms with van der Waals surface area (Å²) >= 11 is 5.97. The number of fused-ring (bicyclic) bond motifs is 1. The van der Waals surface area contributed by atoms with Crippen LogP contribution in [0.4, 0.5) is 0 Å². The van der Waals surface area contributed by atoms with Crippen LogP contribution in [0.2, 0.25) is 5.02 Å². The van der Waals surface area contributed by atoms with Gasteiger partial charge in [-0.2, -0.15) is 0 Å². The van der Waals surface area contributed by atoms with E-state index in [1.165, 1.54) is 0 Å². The molecule has 2 heterocycles. The Morgan fingerprint density at radius 1 is 1.41 bits per heavy atom. The minimum absolute atomic E-state index is 0.242. The predicted octanol–water partition coefficient (Wildman–Crippen LogP) is 3.53. The van der Waals surface area contributed by atoms with Gasteiger partial charge in [-0.15, -0.1) is 0 Å². The minimum atomic E-state index is -0.722. The van der Waals surface area contributed by atoms with Gasteiger partial charge in [0, 0.05) is 17.4 Å². The Labute approximate surface area is 133 Å². The predicted molar refractivity (Wildman–Crippen MR) is 84.3 cm³/mol. The van der Waals surface area contributed by atoms with Gasteiger partial charge in [0.1, 0.15) is 5.52 Å². The number of likely N-dealkylation sites (tertiary alicyclic amines) is 1. The van der Waals surface area contributed by atoms with Crippen LogP contribution < -0.4 is 0 Å². The molecule has 1 saturated heterocycles. The molecule has 2 aromatic rings. The van der Waals surface area contributed by atoms with E-state index in [9.17, 15) is 4.79 Å². The number of piperidine rings is 1. The number of hydrogen-bond acceptors (Lipinski definition) is 4. The summed E-state index contributed by atoms with van der Waals surface area (Å²) < 4.78 is 5.84. The number of carboxylic acid groups (broad SMARTS) is 1. The van der Waals surface area contributed by atoms with Gasteiger partial charge < -0.3 is 14.4 Å². The van der Waals surface area contributed by atoms with E-state index in [0.29, 0.717) is 17.4 Å². The van der Waals surface area contributed by atoms with Crippen LogP contribution >= 0.6 is 11.6 Å². The lowest BCUT2D eigenvalue weighted by Crippen LogP contribution is -2.34. The summed E-state index contributed by atoms with van der Waals surface area (Å²) in [5.41, 5.74) is 1.59. The third-order valence-electron chi connectivity index (χ3n) is 4.17. The average molecular weight is 323 g/mol. The Kier molecular flexibility index (Phi) is 4.64. The summed E-state index contributed by atoms with van der Waals surface area (Å²) in [5, 5.41) is 9.34. The topological polar surface area (TPSA) is 66.6 Å². The van der Waals surface area contributed by atoms with E-state index < -0.39 is 5.97 Å². The van der Waals surface area contributed by atoms with Gasteiger partial charge in [0.2, 0.25) is 0 Å². The maximum atomic E-state index is 10.5. The van der Waals surface area contributed by atoms with Gasteiger partial charge in [-0.3, -0.25) is 4.79 Å². The average Bonchev–Trinajstić information content (AvgIpc) is 2.90. The van der Waals surface area contributed by atoms with Gasteiger partial charge in [0.15, 0.2) is 11.5 Å². The first kappa shape index (κ1) is 15.3. The lowest BCUT2D eigenvalue weighted by Gasteiger charge is -2.30. The first-order valence-electron chi connectivity index (χ1n) is 7.62. The second-order valence-corrected chi connectivity index (χ2v) is 6.21. The van der Waals surface area contributed by atoms with Crippen molar-refractivity contribution in [1.82, 2.24) is 9.88 Å². The Balaban J connectivity index is 1.57. The van der Waals surface area contributed by atoms with E-state index in [1.54, 1.807) is 0 Å². The number of halogens is 1. The fraction of sp³-hybridized carbons (Fsp3) is 0.500. The highest BCUT2D eigenvalue weighted by Gasteiger charge is 2.24. The van der Waals surface area contributed by atoms with Crippen LogP contribution in [0.15, 0.2) is 22.6 Å². The molecule has 1 aliphatic rings. The van der Waals surface area contributed by atoms with Crippen molar-refractivity contribution in [2.75, 3.05) is 19.6 Å². The molecule has 0 saturated carbocycles. The third kappa shape index (κ3) is 3.59. The second kappa shape index (κ2) is 6.67. The quantitative estimate of drug-likeness (QED) is 0.912. The number of hydrogen-bond donors (Lipinski definition) is 1. The molecule has 0 amide bonds. The third-order valence-corrected chi connectivity index (χ3v) is 4.40. The van der Waals surface area contributed by atoms with E-state index in [0.717, 1.165) is 49.5 Å². The lowest BCUT2D eigenvalue weighted by molar-refractivity contribution is -0.137. The number of carboxylic acids is 1. The number of aliphatic carboxylic acids is 1. The Hall–Kier alpha value is -1.59. The highest BCUT2D eigenvalue weighted by atomic mass is 35.5. The van der Waals surface area contributed by atoms with Crippen molar-refractivity contribution in [2.45, 2.75) is 31.6 Å². The van der Waals surface area contributed by atoms with Gasteiger partial charge >= 0.3 is 5.97 Å². The van der Waals surface area contributed by atoms with E-state index in [4.69, 9.17) is 21.1 Å². The van der Waals surface area contributed by atoms with E-state index in [2.05, 4.69) is 9.88 Å². The fourth-order valence-corrected chi connectivity index (χ4v) is 3.12. The van der Waals surface area contributed by atoms with Gasteiger partial charge in [0.25, 0.3) is 0 Å². The van der Waals surface area contributed by atoms with Crippen LogP contribution in [-0.2, 0) is 4.79 Å². The second-order valence-electron chi connectivity index (χ2n) is 5.78. The van der Waals surface area contributed by atoms with Crippen molar-refractivity contribution < 1.29 is 14.3 Å². The summed E-state index contributed by atoms with van der Waals surface area (Å²) in [5.74, 6) is 0.407. The number of aromatic nitrogens is 1. The number of oxazole rings is 1. The van der Waals surface area contributed by atoms with Gasteiger partial charge in [-0.05, 0) is 57.1 Å². The Morgan fingerprint density at radius 3 is 2.91 bits per heavy atom. The summed E-state index contributed by atoms with van der Waals surface area (Å²) in [6, 6.07) is 5.49. The Morgan fingerprint density at radius 2 is 2.18 bits per heavy atom. The molecule has 0 atom stereocenters. The molecule has 6 heteroatoms. The normalized spacial score (nSPS) is 17.1. The van der Waals surface area contributed by atoms with E-state index >= 15 is 0 Å². The molecule has 1 aromatic carbocycles. The molecule has 0 aliphatic carbocycles. The van der Waals surface area contributed by atoms with Crippen molar-refractivity contribution in [3.8, 4) is 0 Å².